The molecule has 114 valence electrons. The Hall–Kier alpha value is -1.92. The Morgan fingerprint density at radius 2 is 2.32 bits per heavy atom. The van der Waals surface area contributed by atoms with Crippen LogP contribution in [0.1, 0.15) is 22.3 Å². The van der Waals surface area contributed by atoms with Gasteiger partial charge in [0.05, 0.1) is 23.6 Å². The highest BCUT2D eigenvalue weighted by molar-refractivity contribution is 7.21. The Morgan fingerprint density at radius 1 is 1.50 bits per heavy atom. The molecule has 1 aromatic carbocycles. The summed E-state index contributed by atoms with van der Waals surface area (Å²) in [6.45, 7) is 3.12. The standard InChI is InChI=1S/C15H13ClFN3OS/c1-2-20-8-18-6-9(20)7-19-15(21)14-13(16)12-10(17)4-3-5-11(12)22-14/h3-6,8H,2,7H2,1H3,(H,19,21). The van der Waals surface area contributed by atoms with Gasteiger partial charge in [-0.15, -0.1) is 11.3 Å². The first-order valence-electron chi connectivity index (χ1n) is 6.75. The maximum absolute atomic E-state index is 13.8. The SMILES string of the molecule is CCn1cncc1CNC(=O)c1sc2cccc(F)c2c1Cl. The van der Waals surface area contributed by atoms with E-state index in [1.807, 2.05) is 11.5 Å². The number of carbonyl (C=O) groups excluding carboxylic acids is 1. The number of thiophene rings is 1. The van der Waals surface area contributed by atoms with Gasteiger partial charge in [-0.3, -0.25) is 4.79 Å². The molecular formula is C15H13ClFN3OS. The lowest BCUT2D eigenvalue weighted by atomic mass is 10.2. The molecule has 0 saturated carbocycles. The number of rotatable bonds is 4. The Bertz CT molecular complexity index is 843. The van der Waals surface area contributed by atoms with Crippen LogP contribution in [0.5, 0.6) is 0 Å². The quantitative estimate of drug-likeness (QED) is 0.786. The second-order valence-electron chi connectivity index (χ2n) is 4.71. The predicted molar refractivity (Wildman–Crippen MR) is 85.9 cm³/mol. The molecule has 2 aromatic heterocycles. The van der Waals surface area contributed by atoms with E-state index < -0.39 is 5.82 Å². The molecular weight excluding hydrogens is 325 g/mol. The Balaban J connectivity index is 1.84. The molecule has 1 N–H and O–H groups in total. The van der Waals surface area contributed by atoms with E-state index in [-0.39, 0.29) is 10.9 Å². The number of aromatic nitrogens is 2. The Labute approximate surface area is 135 Å². The first-order valence-corrected chi connectivity index (χ1v) is 7.95. The molecule has 0 bridgehead atoms. The lowest BCUT2D eigenvalue weighted by Crippen LogP contribution is -2.23. The summed E-state index contributed by atoms with van der Waals surface area (Å²) in [7, 11) is 0. The van der Waals surface area contributed by atoms with Crippen molar-refractivity contribution in [2.24, 2.45) is 0 Å². The molecule has 0 atom stereocenters. The maximum Gasteiger partial charge on any atom is 0.263 e. The van der Waals surface area contributed by atoms with Crippen LogP contribution in [0.15, 0.2) is 30.7 Å². The zero-order chi connectivity index (χ0) is 15.7. The molecule has 0 saturated heterocycles. The minimum atomic E-state index is -0.415. The first kappa shape index (κ1) is 15.0. The minimum Gasteiger partial charge on any atom is -0.346 e. The van der Waals surface area contributed by atoms with E-state index in [0.717, 1.165) is 12.2 Å². The van der Waals surface area contributed by atoms with Gasteiger partial charge in [0.25, 0.3) is 5.91 Å². The topological polar surface area (TPSA) is 46.9 Å². The molecule has 0 fully saturated rings. The number of fused-ring (bicyclic) bond motifs is 1. The Morgan fingerprint density at radius 3 is 3.05 bits per heavy atom. The van der Waals surface area contributed by atoms with Crippen molar-refractivity contribution in [3.05, 3.63) is 52.1 Å². The number of nitrogens with zero attached hydrogens (tertiary/aromatic N) is 2. The van der Waals surface area contributed by atoms with Crippen molar-refractivity contribution in [2.45, 2.75) is 20.0 Å². The highest BCUT2D eigenvalue weighted by atomic mass is 35.5. The number of carbonyl (C=O) groups is 1. The average Bonchev–Trinajstić information content (AvgIpc) is 3.10. The maximum atomic E-state index is 13.8. The number of halogens is 2. The smallest absolute Gasteiger partial charge is 0.263 e. The molecule has 7 heteroatoms. The summed E-state index contributed by atoms with van der Waals surface area (Å²) in [5.74, 6) is -0.726. The molecule has 0 aliphatic carbocycles. The number of aryl methyl sites for hydroxylation is 1. The van der Waals surface area contributed by atoms with E-state index in [2.05, 4.69) is 10.3 Å². The predicted octanol–water partition coefficient (Wildman–Crippen LogP) is 3.84. The number of hydrogen-bond donors (Lipinski definition) is 1. The third-order valence-corrected chi connectivity index (χ3v) is 5.03. The number of amides is 1. The van der Waals surface area contributed by atoms with E-state index in [4.69, 9.17) is 11.6 Å². The summed E-state index contributed by atoms with van der Waals surface area (Å²) in [6, 6.07) is 4.69. The van der Waals surface area contributed by atoms with E-state index >= 15 is 0 Å². The van der Waals surface area contributed by atoms with Crippen molar-refractivity contribution < 1.29 is 9.18 Å². The summed E-state index contributed by atoms with van der Waals surface area (Å²) in [5, 5.41) is 3.27. The zero-order valence-electron chi connectivity index (χ0n) is 11.8. The van der Waals surface area contributed by atoms with Crippen LogP contribution in [-0.4, -0.2) is 15.5 Å². The van der Waals surface area contributed by atoms with E-state index in [0.29, 0.717) is 21.5 Å². The van der Waals surface area contributed by atoms with Crippen LogP contribution >= 0.6 is 22.9 Å². The highest BCUT2D eigenvalue weighted by Crippen LogP contribution is 2.36. The van der Waals surface area contributed by atoms with Gasteiger partial charge in [-0.05, 0) is 19.1 Å². The fourth-order valence-corrected chi connectivity index (χ4v) is 3.72. The molecule has 3 aromatic rings. The van der Waals surface area contributed by atoms with Crippen molar-refractivity contribution in [1.29, 1.82) is 0 Å². The second kappa shape index (κ2) is 6.06. The first-order chi connectivity index (χ1) is 10.6. The molecule has 0 radical (unpaired) electrons. The molecule has 0 unspecified atom stereocenters. The molecule has 1 amide bonds. The van der Waals surface area contributed by atoms with Crippen LogP contribution < -0.4 is 5.32 Å². The van der Waals surface area contributed by atoms with Gasteiger partial charge in [-0.25, -0.2) is 9.37 Å². The van der Waals surface area contributed by atoms with Crippen molar-refractivity contribution in [3.8, 4) is 0 Å². The summed E-state index contributed by atoms with van der Waals surface area (Å²) in [6.07, 6.45) is 3.42. The van der Waals surface area contributed by atoms with Gasteiger partial charge in [-0.2, -0.15) is 0 Å². The van der Waals surface area contributed by atoms with Crippen LogP contribution in [0.2, 0.25) is 5.02 Å². The molecule has 4 nitrogen and oxygen atoms in total. The van der Waals surface area contributed by atoms with Gasteiger partial charge in [0.2, 0.25) is 0 Å². The van der Waals surface area contributed by atoms with Gasteiger partial charge in [0, 0.05) is 22.8 Å². The van der Waals surface area contributed by atoms with Gasteiger partial charge < -0.3 is 9.88 Å². The van der Waals surface area contributed by atoms with Crippen molar-refractivity contribution in [2.75, 3.05) is 0 Å². The van der Waals surface area contributed by atoms with Crippen molar-refractivity contribution in [3.63, 3.8) is 0 Å². The van der Waals surface area contributed by atoms with E-state index in [1.54, 1.807) is 24.7 Å². The fraction of sp³-hybridized carbons (Fsp3) is 0.200. The monoisotopic (exact) mass is 337 g/mol. The number of nitrogens with one attached hydrogen (secondary N) is 1. The molecule has 0 spiro atoms. The number of hydrogen-bond acceptors (Lipinski definition) is 3. The molecule has 3 rings (SSSR count). The largest absolute Gasteiger partial charge is 0.346 e. The van der Waals surface area contributed by atoms with E-state index in [9.17, 15) is 9.18 Å². The molecule has 2 heterocycles. The lowest BCUT2D eigenvalue weighted by Gasteiger charge is -2.06. The summed E-state index contributed by atoms with van der Waals surface area (Å²) >= 11 is 7.36. The molecule has 0 aliphatic heterocycles. The third-order valence-electron chi connectivity index (χ3n) is 3.38. The van der Waals surface area contributed by atoms with Gasteiger partial charge in [-0.1, -0.05) is 17.7 Å². The van der Waals surface area contributed by atoms with E-state index in [1.165, 1.54) is 17.4 Å². The van der Waals surface area contributed by atoms with Crippen LogP contribution in [0.4, 0.5) is 4.39 Å². The lowest BCUT2D eigenvalue weighted by molar-refractivity contribution is 0.0954. The van der Waals surface area contributed by atoms with Gasteiger partial charge >= 0.3 is 0 Å². The van der Waals surface area contributed by atoms with Crippen LogP contribution in [0.3, 0.4) is 0 Å². The summed E-state index contributed by atoms with van der Waals surface area (Å²) in [4.78, 5) is 16.7. The number of benzene rings is 1. The zero-order valence-corrected chi connectivity index (χ0v) is 13.3. The van der Waals surface area contributed by atoms with Crippen molar-refractivity contribution >= 4 is 38.9 Å². The minimum absolute atomic E-state index is 0.166. The third kappa shape index (κ3) is 2.60. The normalized spacial score (nSPS) is 11.0. The van der Waals surface area contributed by atoms with Crippen LogP contribution in [0.25, 0.3) is 10.1 Å². The highest BCUT2D eigenvalue weighted by Gasteiger charge is 2.19. The molecule has 0 aliphatic rings. The Kier molecular flexibility index (Phi) is 4.13. The average molecular weight is 338 g/mol. The number of imidazole rings is 1. The van der Waals surface area contributed by atoms with Crippen LogP contribution in [0, 0.1) is 5.82 Å². The van der Waals surface area contributed by atoms with Crippen LogP contribution in [-0.2, 0) is 13.1 Å². The second-order valence-corrected chi connectivity index (χ2v) is 6.14. The summed E-state index contributed by atoms with van der Waals surface area (Å²) < 4.78 is 16.4. The molecule has 22 heavy (non-hydrogen) atoms. The van der Waals surface area contributed by atoms with Gasteiger partial charge in [0.15, 0.2) is 0 Å². The van der Waals surface area contributed by atoms with Crippen molar-refractivity contribution in [1.82, 2.24) is 14.9 Å². The fourth-order valence-electron chi connectivity index (χ4n) is 2.25. The van der Waals surface area contributed by atoms with Gasteiger partial charge in [0.1, 0.15) is 10.7 Å². The summed E-state index contributed by atoms with van der Waals surface area (Å²) in [5.41, 5.74) is 0.902.